The summed E-state index contributed by atoms with van der Waals surface area (Å²) in [5, 5.41) is 16.8. The molecule has 148 valence electrons. The highest BCUT2D eigenvalue weighted by Crippen LogP contribution is 2.47. The highest BCUT2D eigenvalue weighted by atomic mass is 32.1. The predicted octanol–water partition coefficient (Wildman–Crippen LogP) is 4.99. The van der Waals surface area contributed by atoms with Crippen LogP contribution in [-0.4, -0.2) is 10.2 Å². The number of allylic oxidation sites excluding steroid dienone is 1. The minimum Gasteiger partial charge on any atom is -0.420 e. The monoisotopic (exact) mass is 416 g/mol. The van der Waals surface area contributed by atoms with E-state index in [2.05, 4.69) is 10.2 Å². The van der Waals surface area contributed by atoms with E-state index in [4.69, 9.17) is 10.5 Å². The molecule has 0 fully saturated rings. The minimum atomic E-state index is -4.45. The number of hydrogen-bond donors (Lipinski definition) is 2. The van der Waals surface area contributed by atoms with Crippen LogP contribution >= 0.6 is 11.3 Å². The first-order valence-corrected chi connectivity index (χ1v) is 9.42. The van der Waals surface area contributed by atoms with Gasteiger partial charge in [-0.1, -0.05) is 12.1 Å². The van der Waals surface area contributed by atoms with E-state index < -0.39 is 17.7 Å². The van der Waals surface area contributed by atoms with Gasteiger partial charge in [-0.15, -0.1) is 16.4 Å². The minimum absolute atomic E-state index is 0.110. The van der Waals surface area contributed by atoms with Gasteiger partial charge in [0.15, 0.2) is 0 Å². The zero-order chi connectivity index (χ0) is 20.9. The van der Waals surface area contributed by atoms with Gasteiger partial charge in [0, 0.05) is 15.3 Å². The zero-order valence-corrected chi connectivity index (χ0v) is 16.2. The molecule has 3 N–H and O–H groups in total. The summed E-state index contributed by atoms with van der Waals surface area (Å²) < 4.78 is 44.4. The third-order valence-corrected chi connectivity index (χ3v) is 5.79. The van der Waals surface area contributed by atoms with Crippen molar-refractivity contribution >= 4 is 11.3 Å². The maximum absolute atomic E-state index is 13.0. The Labute approximate surface area is 168 Å². The zero-order valence-electron chi connectivity index (χ0n) is 15.4. The first kappa shape index (κ1) is 19.1. The number of aromatic nitrogens is 2. The fourth-order valence-electron chi connectivity index (χ4n) is 3.53. The molecule has 1 aromatic carbocycles. The molecule has 9 heteroatoms. The first-order chi connectivity index (χ1) is 13.7. The van der Waals surface area contributed by atoms with Crippen molar-refractivity contribution < 1.29 is 17.9 Å². The van der Waals surface area contributed by atoms with Crippen LogP contribution < -0.4 is 10.5 Å². The van der Waals surface area contributed by atoms with E-state index in [0.29, 0.717) is 16.8 Å². The van der Waals surface area contributed by atoms with E-state index in [1.807, 2.05) is 26.0 Å². The topological polar surface area (TPSA) is 87.7 Å². The van der Waals surface area contributed by atoms with E-state index >= 15 is 0 Å². The summed E-state index contributed by atoms with van der Waals surface area (Å²) >= 11 is 1.61. The highest BCUT2D eigenvalue weighted by Gasteiger charge is 2.37. The number of benzene rings is 1. The number of alkyl halides is 3. The molecule has 0 spiro atoms. The molecule has 1 aliphatic heterocycles. The van der Waals surface area contributed by atoms with Crippen molar-refractivity contribution in [3.63, 3.8) is 0 Å². The van der Waals surface area contributed by atoms with E-state index in [0.717, 1.165) is 27.5 Å². The van der Waals surface area contributed by atoms with Crippen LogP contribution in [0.15, 0.2) is 41.8 Å². The van der Waals surface area contributed by atoms with Crippen LogP contribution in [0.3, 0.4) is 0 Å². The lowest BCUT2D eigenvalue weighted by molar-refractivity contribution is -0.137. The molecule has 0 amide bonds. The maximum Gasteiger partial charge on any atom is 0.416 e. The molecule has 3 aromatic rings. The Bertz CT molecular complexity index is 1170. The lowest BCUT2D eigenvalue weighted by atomic mass is 9.83. The normalized spacial score (nSPS) is 16.3. The summed E-state index contributed by atoms with van der Waals surface area (Å²) in [4.78, 5) is 2.14. The number of halogens is 3. The number of aryl methyl sites for hydroxylation is 2. The Morgan fingerprint density at radius 3 is 2.48 bits per heavy atom. The molecule has 0 aliphatic carbocycles. The molecule has 1 aliphatic rings. The van der Waals surface area contributed by atoms with Crippen LogP contribution in [0.25, 0.3) is 11.3 Å². The number of nitrogens with one attached hydrogen (secondary N) is 1. The Hall–Kier alpha value is -3.25. The summed E-state index contributed by atoms with van der Waals surface area (Å²) in [5.74, 6) is -0.592. The van der Waals surface area contributed by atoms with E-state index in [1.54, 1.807) is 11.3 Å². The highest BCUT2D eigenvalue weighted by molar-refractivity contribution is 7.12. The van der Waals surface area contributed by atoms with Gasteiger partial charge in [-0.2, -0.15) is 18.4 Å². The smallest absolute Gasteiger partial charge is 0.416 e. The molecule has 4 rings (SSSR count). The number of fused-ring (bicyclic) bond motifs is 1. The summed E-state index contributed by atoms with van der Waals surface area (Å²) in [6, 6.07) is 8.74. The largest absolute Gasteiger partial charge is 0.420 e. The fraction of sp³-hybridized carbons (Fsp3) is 0.200. The lowest BCUT2D eigenvalue weighted by Crippen LogP contribution is -2.21. The Kier molecular flexibility index (Phi) is 4.39. The molecule has 1 atom stereocenters. The molecule has 2 aromatic heterocycles. The van der Waals surface area contributed by atoms with Crippen molar-refractivity contribution in [2.24, 2.45) is 5.73 Å². The van der Waals surface area contributed by atoms with Crippen LogP contribution in [0.2, 0.25) is 0 Å². The Morgan fingerprint density at radius 2 is 1.93 bits per heavy atom. The molecule has 0 unspecified atom stereocenters. The third kappa shape index (κ3) is 3.15. The van der Waals surface area contributed by atoms with Crippen molar-refractivity contribution in [3.05, 3.63) is 68.2 Å². The van der Waals surface area contributed by atoms with Gasteiger partial charge in [0.2, 0.25) is 11.8 Å². The number of hydrogen-bond acceptors (Lipinski definition) is 5. The van der Waals surface area contributed by atoms with Crippen molar-refractivity contribution in [2.45, 2.75) is 25.9 Å². The number of nitriles is 1. The summed E-state index contributed by atoms with van der Waals surface area (Å²) in [5.41, 5.74) is 7.92. The first-order valence-electron chi connectivity index (χ1n) is 8.61. The van der Waals surface area contributed by atoms with Crippen molar-refractivity contribution in [1.82, 2.24) is 10.2 Å². The number of ether oxygens (including phenoxy) is 1. The van der Waals surface area contributed by atoms with Gasteiger partial charge in [0.25, 0.3) is 0 Å². The van der Waals surface area contributed by atoms with Crippen molar-refractivity contribution in [1.29, 1.82) is 5.26 Å². The molecular formula is C20H15F3N4OS. The van der Waals surface area contributed by atoms with Crippen LogP contribution in [0, 0.1) is 25.2 Å². The van der Waals surface area contributed by atoms with Crippen molar-refractivity contribution in [3.8, 4) is 23.2 Å². The number of rotatable bonds is 2. The molecule has 29 heavy (non-hydrogen) atoms. The summed E-state index contributed by atoms with van der Waals surface area (Å²) in [6.07, 6.45) is -4.45. The summed E-state index contributed by atoms with van der Waals surface area (Å²) in [7, 11) is 0. The van der Waals surface area contributed by atoms with Gasteiger partial charge in [0.1, 0.15) is 11.6 Å². The standard InChI is InChI=1S/C20H15F3N4OS/c1-9-7-13(10(2)29-9)17-16-15(11-3-5-12(6-4-11)20(21,22)23)14(8-24)18(25)28-19(16)27-26-17/h3-7,15H,25H2,1-2H3,(H,26,27)/t15-/m1/s1. The lowest BCUT2D eigenvalue weighted by Gasteiger charge is -2.24. The molecule has 0 bridgehead atoms. The van der Waals surface area contributed by atoms with Crippen LogP contribution in [0.4, 0.5) is 13.2 Å². The molecule has 0 saturated heterocycles. The van der Waals surface area contributed by atoms with Crippen LogP contribution in [0.1, 0.15) is 32.4 Å². The second-order valence-electron chi connectivity index (χ2n) is 6.69. The second-order valence-corrected chi connectivity index (χ2v) is 8.15. The number of nitrogens with zero attached hydrogens (tertiary/aromatic N) is 2. The Balaban J connectivity index is 1.91. The number of aromatic amines is 1. The molecular weight excluding hydrogens is 401 g/mol. The van der Waals surface area contributed by atoms with Gasteiger partial charge in [-0.25, -0.2) is 0 Å². The predicted molar refractivity (Wildman–Crippen MR) is 102 cm³/mol. The van der Waals surface area contributed by atoms with Crippen LogP contribution in [-0.2, 0) is 6.18 Å². The van der Waals surface area contributed by atoms with Crippen molar-refractivity contribution in [2.75, 3.05) is 0 Å². The van der Waals surface area contributed by atoms with Gasteiger partial charge >= 0.3 is 6.18 Å². The van der Waals surface area contributed by atoms with E-state index in [9.17, 15) is 18.4 Å². The van der Waals surface area contributed by atoms with Gasteiger partial charge in [0.05, 0.1) is 22.7 Å². The quantitative estimate of drug-likeness (QED) is 0.616. The van der Waals surface area contributed by atoms with Crippen LogP contribution in [0.5, 0.6) is 5.88 Å². The maximum atomic E-state index is 13.0. The average molecular weight is 416 g/mol. The summed E-state index contributed by atoms with van der Waals surface area (Å²) in [6.45, 7) is 3.94. The fourth-order valence-corrected chi connectivity index (χ4v) is 4.46. The number of thiophene rings is 1. The van der Waals surface area contributed by atoms with Gasteiger partial charge < -0.3 is 10.5 Å². The Morgan fingerprint density at radius 1 is 1.24 bits per heavy atom. The van der Waals surface area contributed by atoms with E-state index in [-0.39, 0.29) is 17.3 Å². The number of H-pyrrole nitrogens is 1. The SMILES string of the molecule is Cc1cc(-c2[nH]nc3c2[C@H](c2ccc(C(F)(F)F)cc2)C(C#N)=C(N)O3)c(C)s1. The second kappa shape index (κ2) is 6.67. The molecule has 3 heterocycles. The third-order valence-electron chi connectivity index (χ3n) is 4.82. The van der Waals surface area contributed by atoms with E-state index in [1.165, 1.54) is 12.1 Å². The molecule has 0 saturated carbocycles. The van der Waals surface area contributed by atoms with Gasteiger partial charge in [-0.3, -0.25) is 5.10 Å². The molecule has 0 radical (unpaired) electrons. The average Bonchev–Trinajstić information content (AvgIpc) is 3.21. The number of nitrogens with two attached hydrogens (primary N) is 1. The molecule has 5 nitrogen and oxygen atoms in total. The van der Waals surface area contributed by atoms with Gasteiger partial charge in [-0.05, 0) is 37.6 Å².